The van der Waals surface area contributed by atoms with Crippen LogP contribution in [0.3, 0.4) is 0 Å². The number of nitrogens with one attached hydrogen (secondary N) is 1. The van der Waals surface area contributed by atoms with Crippen LogP contribution in [0.5, 0.6) is 0 Å². The van der Waals surface area contributed by atoms with E-state index in [2.05, 4.69) is 33.9 Å². The Labute approximate surface area is 104 Å². The van der Waals surface area contributed by atoms with E-state index in [0.29, 0.717) is 6.04 Å². The van der Waals surface area contributed by atoms with Crippen molar-refractivity contribution < 1.29 is 0 Å². The maximum absolute atomic E-state index is 4.32. The fourth-order valence-corrected chi connectivity index (χ4v) is 2.76. The molecule has 17 heavy (non-hydrogen) atoms. The van der Waals surface area contributed by atoms with E-state index in [1.54, 1.807) is 0 Å². The average Bonchev–Trinajstić information content (AvgIpc) is 2.69. The Balaban J connectivity index is 1.94. The van der Waals surface area contributed by atoms with E-state index in [1.165, 1.54) is 32.4 Å². The summed E-state index contributed by atoms with van der Waals surface area (Å²) in [4.78, 5) is 0. The Kier molecular flexibility index (Phi) is 4.15. The van der Waals surface area contributed by atoms with Crippen LogP contribution in [0.25, 0.3) is 0 Å². The Morgan fingerprint density at radius 2 is 2.00 bits per heavy atom. The summed E-state index contributed by atoms with van der Waals surface area (Å²) in [6, 6.07) is 0.466. The third kappa shape index (κ3) is 3.06. The number of rotatable bonds is 4. The van der Waals surface area contributed by atoms with Gasteiger partial charge in [0.1, 0.15) is 11.6 Å². The van der Waals surface area contributed by atoms with Gasteiger partial charge in [-0.25, -0.2) is 0 Å². The van der Waals surface area contributed by atoms with Crippen molar-refractivity contribution in [3.8, 4) is 0 Å². The maximum atomic E-state index is 4.32. The highest BCUT2D eigenvalue weighted by Crippen LogP contribution is 2.19. The maximum Gasteiger partial charge on any atom is 0.133 e. The summed E-state index contributed by atoms with van der Waals surface area (Å²) in [5.74, 6) is 3.07. The molecule has 4 heteroatoms. The zero-order valence-electron chi connectivity index (χ0n) is 11.2. The second-order valence-electron chi connectivity index (χ2n) is 5.36. The van der Waals surface area contributed by atoms with E-state index >= 15 is 0 Å². The molecule has 0 aliphatic carbocycles. The molecule has 0 unspecified atom stereocenters. The van der Waals surface area contributed by atoms with Crippen LogP contribution in [0.4, 0.5) is 0 Å². The van der Waals surface area contributed by atoms with E-state index in [4.69, 9.17) is 0 Å². The monoisotopic (exact) mass is 236 g/mol. The molecule has 0 atom stereocenters. The van der Waals surface area contributed by atoms with Crippen LogP contribution in [-0.2, 0) is 6.42 Å². The first kappa shape index (κ1) is 12.6. The van der Waals surface area contributed by atoms with E-state index in [0.717, 1.165) is 24.0 Å². The third-order valence-electron chi connectivity index (χ3n) is 3.69. The molecule has 0 spiro atoms. The van der Waals surface area contributed by atoms with Crippen LogP contribution in [0.1, 0.15) is 50.8 Å². The molecular formula is C13H24N4. The largest absolute Gasteiger partial charge is 0.317 e. The van der Waals surface area contributed by atoms with Gasteiger partial charge in [-0.15, -0.1) is 10.2 Å². The van der Waals surface area contributed by atoms with Gasteiger partial charge in [-0.1, -0.05) is 0 Å². The van der Waals surface area contributed by atoms with Crippen LogP contribution >= 0.6 is 0 Å². The average molecular weight is 236 g/mol. The predicted octanol–water partition coefficient (Wildman–Crippen LogP) is 2.10. The van der Waals surface area contributed by atoms with Gasteiger partial charge in [-0.3, -0.25) is 0 Å². The topological polar surface area (TPSA) is 42.7 Å². The molecule has 1 aromatic heterocycles. The minimum absolute atomic E-state index is 0.466. The van der Waals surface area contributed by atoms with Crippen molar-refractivity contribution in [3.05, 3.63) is 11.6 Å². The molecule has 0 aromatic carbocycles. The second kappa shape index (κ2) is 5.63. The second-order valence-corrected chi connectivity index (χ2v) is 5.36. The Morgan fingerprint density at radius 1 is 1.29 bits per heavy atom. The number of aryl methyl sites for hydroxylation is 2. The fraction of sp³-hybridized carbons (Fsp3) is 0.846. The molecule has 4 nitrogen and oxygen atoms in total. The highest BCUT2D eigenvalue weighted by molar-refractivity contribution is 4.96. The lowest BCUT2D eigenvalue weighted by Crippen LogP contribution is -2.28. The molecule has 1 aromatic rings. The van der Waals surface area contributed by atoms with E-state index in [9.17, 15) is 0 Å². The quantitative estimate of drug-likeness (QED) is 0.870. The van der Waals surface area contributed by atoms with Crippen LogP contribution in [-0.4, -0.2) is 27.9 Å². The SMILES string of the molecule is Cc1nnc(CCC2CCNCC2)n1C(C)C. The van der Waals surface area contributed by atoms with Crippen LogP contribution in [0.2, 0.25) is 0 Å². The van der Waals surface area contributed by atoms with Crippen molar-refractivity contribution in [2.75, 3.05) is 13.1 Å². The number of aromatic nitrogens is 3. The minimum atomic E-state index is 0.466. The van der Waals surface area contributed by atoms with Gasteiger partial charge in [0, 0.05) is 12.5 Å². The number of hydrogen-bond acceptors (Lipinski definition) is 3. The standard InChI is InChI=1S/C13H24N4/c1-10(2)17-11(3)15-16-13(17)5-4-12-6-8-14-9-7-12/h10,12,14H,4-9H2,1-3H3. The zero-order valence-corrected chi connectivity index (χ0v) is 11.2. The van der Waals surface area contributed by atoms with Crippen molar-refractivity contribution in [3.63, 3.8) is 0 Å². The Bertz CT molecular complexity index is 350. The summed E-state index contributed by atoms with van der Waals surface area (Å²) in [5, 5.41) is 11.9. The predicted molar refractivity (Wildman–Crippen MR) is 69.1 cm³/mol. The summed E-state index contributed by atoms with van der Waals surface area (Å²) >= 11 is 0. The molecule has 0 saturated carbocycles. The first-order valence-electron chi connectivity index (χ1n) is 6.79. The van der Waals surface area contributed by atoms with Gasteiger partial charge in [-0.2, -0.15) is 0 Å². The normalized spacial score (nSPS) is 17.9. The van der Waals surface area contributed by atoms with Crippen molar-refractivity contribution in [1.29, 1.82) is 0 Å². The number of nitrogens with zero attached hydrogens (tertiary/aromatic N) is 3. The van der Waals surface area contributed by atoms with Gasteiger partial charge in [0.15, 0.2) is 0 Å². The van der Waals surface area contributed by atoms with Crippen LogP contribution in [0.15, 0.2) is 0 Å². The van der Waals surface area contributed by atoms with Gasteiger partial charge in [0.05, 0.1) is 0 Å². The zero-order chi connectivity index (χ0) is 12.3. The van der Waals surface area contributed by atoms with Crippen molar-refractivity contribution in [2.24, 2.45) is 5.92 Å². The molecule has 96 valence electrons. The van der Waals surface area contributed by atoms with Crippen LogP contribution in [0, 0.1) is 12.8 Å². The number of hydrogen-bond donors (Lipinski definition) is 1. The van der Waals surface area contributed by atoms with Gasteiger partial charge >= 0.3 is 0 Å². The van der Waals surface area contributed by atoms with E-state index in [1.807, 2.05) is 6.92 Å². The third-order valence-corrected chi connectivity index (χ3v) is 3.69. The van der Waals surface area contributed by atoms with Gasteiger partial charge in [0.25, 0.3) is 0 Å². The Hall–Kier alpha value is -0.900. The highest BCUT2D eigenvalue weighted by Gasteiger charge is 2.16. The van der Waals surface area contributed by atoms with Gasteiger partial charge in [-0.05, 0) is 59.0 Å². The molecule has 1 fully saturated rings. The van der Waals surface area contributed by atoms with Crippen molar-refractivity contribution in [2.45, 2.75) is 52.5 Å². The van der Waals surface area contributed by atoms with Crippen molar-refractivity contribution >= 4 is 0 Å². The minimum Gasteiger partial charge on any atom is -0.317 e. The summed E-state index contributed by atoms with van der Waals surface area (Å²) in [6.07, 6.45) is 4.96. The molecule has 1 aliphatic rings. The van der Waals surface area contributed by atoms with Gasteiger partial charge < -0.3 is 9.88 Å². The van der Waals surface area contributed by atoms with E-state index < -0.39 is 0 Å². The van der Waals surface area contributed by atoms with Crippen LogP contribution < -0.4 is 5.32 Å². The highest BCUT2D eigenvalue weighted by atomic mass is 15.3. The summed E-state index contributed by atoms with van der Waals surface area (Å²) in [5.41, 5.74) is 0. The lowest BCUT2D eigenvalue weighted by atomic mass is 9.93. The summed E-state index contributed by atoms with van der Waals surface area (Å²) in [7, 11) is 0. The number of piperidine rings is 1. The first-order valence-corrected chi connectivity index (χ1v) is 6.79. The molecule has 0 radical (unpaired) electrons. The smallest absolute Gasteiger partial charge is 0.133 e. The Morgan fingerprint density at radius 3 is 2.65 bits per heavy atom. The summed E-state index contributed by atoms with van der Waals surface area (Å²) in [6.45, 7) is 8.80. The van der Waals surface area contributed by atoms with Gasteiger partial charge in [0.2, 0.25) is 0 Å². The first-order chi connectivity index (χ1) is 8.18. The molecular weight excluding hydrogens is 212 g/mol. The summed E-state index contributed by atoms with van der Waals surface area (Å²) < 4.78 is 2.26. The molecule has 0 amide bonds. The fourth-order valence-electron chi connectivity index (χ4n) is 2.76. The van der Waals surface area contributed by atoms with Crippen molar-refractivity contribution in [1.82, 2.24) is 20.1 Å². The lowest BCUT2D eigenvalue weighted by molar-refractivity contribution is 0.349. The molecule has 0 bridgehead atoms. The molecule has 1 N–H and O–H groups in total. The molecule has 2 heterocycles. The lowest BCUT2D eigenvalue weighted by Gasteiger charge is -2.22. The molecule has 1 saturated heterocycles. The molecule has 2 rings (SSSR count). The van der Waals surface area contributed by atoms with E-state index in [-0.39, 0.29) is 0 Å². The molecule has 1 aliphatic heterocycles.